The van der Waals surface area contributed by atoms with E-state index in [0.29, 0.717) is 63.5 Å². The van der Waals surface area contributed by atoms with Gasteiger partial charge in [-0.15, -0.1) is 0 Å². The van der Waals surface area contributed by atoms with Gasteiger partial charge in [0, 0.05) is 71.8 Å². The Hall–Kier alpha value is -3.46. The van der Waals surface area contributed by atoms with Crippen molar-refractivity contribution in [3.63, 3.8) is 0 Å². The lowest BCUT2D eigenvalue weighted by atomic mass is 9.78. The zero-order chi connectivity index (χ0) is 53.9. The normalized spacial score (nSPS) is 35.9. The molecule has 18 heteroatoms. The molecule has 2 bridgehead atoms. The van der Waals surface area contributed by atoms with Crippen molar-refractivity contribution in [3.05, 3.63) is 47.6 Å². The number of ketones is 3. The first-order chi connectivity index (χ1) is 33.9. The highest BCUT2D eigenvalue weighted by Crippen LogP contribution is 2.37. The van der Waals surface area contributed by atoms with E-state index in [1.165, 1.54) is 27.3 Å². The van der Waals surface area contributed by atoms with Crippen LogP contribution in [0.5, 0.6) is 0 Å². The van der Waals surface area contributed by atoms with E-state index in [1.807, 2.05) is 44.2 Å². The fourth-order valence-electron chi connectivity index (χ4n) is 9.66. The number of carbonyl (C=O) groups excluding carboxylic acids is 5. The van der Waals surface area contributed by atoms with Gasteiger partial charge in [0.2, 0.25) is 5.79 Å². The number of hydrogen-bond donors (Lipinski definition) is 2. The topological polar surface area (TPSA) is 228 Å². The number of ether oxygens (including phenoxy) is 7. The predicted molar refractivity (Wildman–Crippen MR) is 272 cm³/mol. The number of likely N-dealkylation sites (N-methyl/N-ethyl adjacent to an activating group) is 1. The van der Waals surface area contributed by atoms with Crippen molar-refractivity contribution < 1.29 is 75.8 Å². The molecule has 3 rings (SSSR count). The number of Topliss-reactive ketones (excluding diaryl/α,β-unsaturated/α-hetero) is 3. The molecule has 410 valence electrons. The van der Waals surface area contributed by atoms with Gasteiger partial charge in [0.05, 0.1) is 43.4 Å². The highest BCUT2D eigenvalue weighted by molar-refractivity contribution is 7.90. The van der Waals surface area contributed by atoms with Crippen LogP contribution in [-0.2, 0) is 67.0 Å². The second-order valence-corrected chi connectivity index (χ2v) is 22.8. The van der Waals surface area contributed by atoms with Gasteiger partial charge in [-0.1, -0.05) is 64.2 Å². The molecule has 72 heavy (non-hydrogen) atoms. The third-order valence-electron chi connectivity index (χ3n) is 14.7. The molecule has 1 amide bonds. The van der Waals surface area contributed by atoms with Crippen LogP contribution >= 0.6 is 0 Å². The number of aliphatic hydroxyl groups is 2. The summed E-state index contributed by atoms with van der Waals surface area (Å²) in [6.07, 6.45) is 11.8. The number of sulfone groups is 1. The molecular weight excluding hydrogens is 951 g/mol. The van der Waals surface area contributed by atoms with E-state index in [-0.39, 0.29) is 61.5 Å². The minimum Gasteiger partial charge on any atom is -0.460 e. The molecule has 0 aromatic rings. The van der Waals surface area contributed by atoms with Crippen molar-refractivity contribution in [2.24, 2.45) is 29.6 Å². The second-order valence-electron chi connectivity index (χ2n) is 20.5. The number of esters is 1. The number of amides is 1. The number of methoxy groups -OCH3 is 3. The lowest BCUT2D eigenvalue weighted by molar-refractivity contribution is -0.265. The molecule has 3 aliphatic rings. The van der Waals surface area contributed by atoms with Gasteiger partial charge >= 0.3 is 5.97 Å². The van der Waals surface area contributed by atoms with Crippen molar-refractivity contribution in [2.45, 2.75) is 174 Å². The van der Waals surface area contributed by atoms with E-state index in [4.69, 9.17) is 33.2 Å². The van der Waals surface area contributed by atoms with E-state index < -0.39 is 93.5 Å². The molecule has 1 saturated heterocycles. The van der Waals surface area contributed by atoms with E-state index in [1.54, 1.807) is 48.0 Å². The van der Waals surface area contributed by atoms with Crippen LogP contribution in [0.1, 0.15) is 119 Å². The number of nitrogens with zero attached hydrogens (tertiary/aromatic N) is 1. The molecule has 0 radical (unpaired) electrons. The van der Waals surface area contributed by atoms with Crippen molar-refractivity contribution in [3.8, 4) is 0 Å². The van der Waals surface area contributed by atoms with E-state index in [0.717, 1.165) is 16.9 Å². The maximum absolute atomic E-state index is 14.1. The largest absolute Gasteiger partial charge is 0.460 e. The van der Waals surface area contributed by atoms with Gasteiger partial charge in [-0.25, -0.2) is 13.2 Å². The molecular formula is C54H87NO16S. The smallest absolute Gasteiger partial charge is 0.328 e. The van der Waals surface area contributed by atoms with Crippen LogP contribution in [-0.4, -0.2) is 168 Å². The van der Waals surface area contributed by atoms with Gasteiger partial charge in [-0.05, 0) is 102 Å². The Balaban J connectivity index is 1.98. The number of aliphatic hydroxyl groups excluding tert-OH is 1. The molecule has 1 saturated carbocycles. The molecule has 2 aliphatic heterocycles. The molecule has 0 aromatic heterocycles. The third kappa shape index (κ3) is 19.0. The third-order valence-corrected chi connectivity index (χ3v) is 15.7. The van der Waals surface area contributed by atoms with Gasteiger partial charge < -0.3 is 48.3 Å². The summed E-state index contributed by atoms with van der Waals surface area (Å²) in [6.45, 7) is 12.8. The van der Waals surface area contributed by atoms with Crippen LogP contribution < -0.4 is 0 Å². The molecule has 0 spiro atoms. The molecule has 1 aliphatic carbocycles. The Kier molecular flexibility index (Phi) is 26.3. The van der Waals surface area contributed by atoms with Gasteiger partial charge in [-0.2, -0.15) is 0 Å². The predicted octanol–water partition coefficient (Wildman–Crippen LogP) is 5.88. The second kappa shape index (κ2) is 30.2. The summed E-state index contributed by atoms with van der Waals surface area (Å²) < 4.78 is 64.4. The van der Waals surface area contributed by atoms with Crippen molar-refractivity contribution in [1.29, 1.82) is 0 Å². The van der Waals surface area contributed by atoms with Crippen molar-refractivity contribution in [2.75, 3.05) is 60.2 Å². The standard InChI is InChI=1S/C54H87NO16S/c1-34-19-16-14-13-15-17-20-35(2)48(57)50(67-11)49(58)38(5)29-36(3)43(56)33-46(37(4)30-41-22-24-44(47(31-41)66-10)68-25-18-28-72(12,63)64)70-53(61)40(7)55(8)52(60)51(59)54(62)39(6)21-23-42(71-54)32-45(34)69-27-26-65-9/h13-16,19,29,35-37,39-42,44-47,49-50,58,62H,17-18,20-28,30-33H2,1-12H3/b15-13+,16-14+,34-19+,38-29+/t35?,36?,37-,39+,40?,41+,42-,44-,45?,46?,47-,49?,50?,54+/m1/s1. The lowest BCUT2D eigenvalue weighted by Crippen LogP contribution is -2.59. The maximum Gasteiger partial charge on any atom is 0.328 e. The summed E-state index contributed by atoms with van der Waals surface area (Å²) >= 11 is 0. The van der Waals surface area contributed by atoms with Gasteiger partial charge in [0.1, 0.15) is 40.0 Å². The number of rotatable bonds is 14. The Morgan fingerprint density at radius 1 is 0.861 bits per heavy atom. The van der Waals surface area contributed by atoms with Gasteiger partial charge in [-0.3, -0.25) is 19.2 Å². The number of hydrogen-bond acceptors (Lipinski definition) is 16. The molecule has 2 heterocycles. The Bertz CT molecular complexity index is 2020. The minimum absolute atomic E-state index is 0.0218. The van der Waals surface area contributed by atoms with Crippen molar-refractivity contribution in [1.82, 2.24) is 4.90 Å². The van der Waals surface area contributed by atoms with Crippen LogP contribution in [0.25, 0.3) is 0 Å². The molecule has 17 nitrogen and oxygen atoms in total. The van der Waals surface area contributed by atoms with Crippen LogP contribution in [0.4, 0.5) is 0 Å². The average Bonchev–Trinajstić information content (AvgIpc) is 3.33. The first-order valence-corrected chi connectivity index (χ1v) is 27.7. The number of fused-ring (bicyclic) bond motifs is 2. The Labute approximate surface area is 429 Å². The van der Waals surface area contributed by atoms with Crippen LogP contribution in [0, 0.1) is 29.6 Å². The monoisotopic (exact) mass is 1040 g/mol. The lowest BCUT2D eigenvalue weighted by Gasteiger charge is -2.41. The first kappa shape index (κ1) is 62.8. The number of allylic oxidation sites excluding steroid dienone is 6. The van der Waals surface area contributed by atoms with E-state index in [9.17, 15) is 42.6 Å². The molecule has 14 atom stereocenters. The van der Waals surface area contributed by atoms with Crippen LogP contribution in [0.15, 0.2) is 47.6 Å². The van der Waals surface area contributed by atoms with Crippen LogP contribution in [0.3, 0.4) is 0 Å². The maximum atomic E-state index is 14.1. The summed E-state index contributed by atoms with van der Waals surface area (Å²) in [5, 5.41) is 23.3. The minimum atomic E-state index is -3.12. The average molecular weight is 1040 g/mol. The zero-order valence-corrected chi connectivity index (χ0v) is 45.9. The number of carbonyl (C=O) groups is 5. The highest BCUT2D eigenvalue weighted by atomic mass is 32.2. The van der Waals surface area contributed by atoms with Crippen LogP contribution in [0.2, 0.25) is 0 Å². The molecule has 7 unspecified atom stereocenters. The fraction of sp³-hybridized carbons (Fsp3) is 0.759. The first-order valence-electron chi connectivity index (χ1n) is 25.7. The SMILES string of the molecule is COCCOC1C[C@H]2CC[C@H](C)[C@](O)(O2)C(=O)C(=O)N(C)C(C)C(=O)OC([C@H](C)C[C@@H]2CC[C@@H](OCCCS(C)(=O)=O)[C@H](OC)C2)CC(=O)C(C)/C=C(\C)C(O)C(OC)C(=O)C(C)CC/C=C/C=C/C=C/1C. The van der Waals surface area contributed by atoms with Gasteiger partial charge in [0.25, 0.3) is 11.7 Å². The summed E-state index contributed by atoms with van der Waals surface area (Å²) in [6, 6.07) is -1.33. The summed E-state index contributed by atoms with van der Waals surface area (Å²) in [5.74, 6) is -8.63. The Morgan fingerprint density at radius 2 is 1.57 bits per heavy atom. The Morgan fingerprint density at radius 3 is 2.22 bits per heavy atom. The van der Waals surface area contributed by atoms with E-state index >= 15 is 0 Å². The molecule has 2 fully saturated rings. The fourth-order valence-corrected chi connectivity index (χ4v) is 10.3. The van der Waals surface area contributed by atoms with Crippen molar-refractivity contribution >= 4 is 39.1 Å². The highest BCUT2D eigenvalue weighted by Gasteiger charge is 2.52. The molecule has 2 N–H and O–H groups in total. The van der Waals surface area contributed by atoms with Gasteiger partial charge in [0.15, 0.2) is 5.78 Å². The van der Waals surface area contributed by atoms with E-state index in [2.05, 4.69) is 0 Å². The summed E-state index contributed by atoms with van der Waals surface area (Å²) in [5.41, 5.74) is 1.20. The number of cyclic esters (lactones) is 1. The summed E-state index contributed by atoms with van der Waals surface area (Å²) in [7, 11) is 2.67. The zero-order valence-electron chi connectivity index (χ0n) is 45.0. The molecule has 0 aromatic carbocycles. The summed E-state index contributed by atoms with van der Waals surface area (Å²) in [4.78, 5) is 70.9. The quantitative estimate of drug-likeness (QED) is 0.0897.